The largest absolute Gasteiger partial charge is 0.355 e. The van der Waals surface area contributed by atoms with E-state index in [0.29, 0.717) is 31.0 Å². The Labute approximate surface area is 144 Å². The number of thiophene rings is 1. The van der Waals surface area contributed by atoms with Crippen molar-refractivity contribution in [3.63, 3.8) is 0 Å². The molecule has 0 aliphatic carbocycles. The van der Waals surface area contributed by atoms with Gasteiger partial charge in [-0.05, 0) is 37.3 Å². The molecule has 0 aromatic carbocycles. The molecule has 0 bridgehead atoms. The Morgan fingerprint density at radius 2 is 2.38 bits per heavy atom. The zero-order chi connectivity index (χ0) is 16.8. The second-order valence-electron chi connectivity index (χ2n) is 6.06. The molecule has 3 heterocycles. The van der Waals surface area contributed by atoms with Gasteiger partial charge in [0.2, 0.25) is 0 Å². The summed E-state index contributed by atoms with van der Waals surface area (Å²) in [5.74, 6) is 0.410. The summed E-state index contributed by atoms with van der Waals surface area (Å²) < 4.78 is 18.2. The van der Waals surface area contributed by atoms with Crippen molar-refractivity contribution in [3.8, 4) is 10.6 Å². The van der Waals surface area contributed by atoms with Crippen LogP contribution >= 0.6 is 11.3 Å². The predicted octanol–water partition coefficient (Wildman–Crippen LogP) is 3.35. The Morgan fingerprint density at radius 1 is 1.46 bits per heavy atom. The maximum absolute atomic E-state index is 13.0. The second-order valence-corrected chi connectivity index (χ2v) is 7.00. The number of rotatable bonds is 8. The highest BCUT2D eigenvalue weighted by Gasteiger charge is 2.20. The number of nitrogens with one attached hydrogen (secondary N) is 1. The molecule has 1 aliphatic heterocycles. The molecule has 1 aliphatic rings. The van der Waals surface area contributed by atoms with Crippen molar-refractivity contribution < 1.29 is 13.7 Å². The van der Waals surface area contributed by atoms with Crippen molar-refractivity contribution >= 4 is 17.2 Å². The van der Waals surface area contributed by atoms with Gasteiger partial charge in [-0.2, -0.15) is 0 Å². The molecular weight excluding hydrogens is 329 g/mol. The maximum Gasteiger partial charge on any atom is 0.273 e. The van der Waals surface area contributed by atoms with Crippen LogP contribution in [0.2, 0.25) is 0 Å². The van der Waals surface area contributed by atoms with Crippen LogP contribution in [0.5, 0.6) is 0 Å². The van der Waals surface area contributed by atoms with Crippen LogP contribution in [-0.4, -0.2) is 48.3 Å². The lowest BCUT2D eigenvalue weighted by molar-refractivity contribution is 0.0944. The smallest absolute Gasteiger partial charge is 0.273 e. The van der Waals surface area contributed by atoms with E-state index in [-0.39, 0.29) is 5.91 Å². The van der Waals surface area contributed by atoms with Crippen LogP contribution in [0.1, 0.15) is 36.2 Å². The molecule has 2 aromatic heterocycles. The van der Waals surface area contributed by atoms with E-state index in [1.165, 1.54) is 0 Å². The number of alkyl halides is 1. The molecule has 130 valence electrons. The van der Waals surface area contributed by atoms with Crippen molar-refractivity contribution in [1.29, 1.82) is 0 Å². The Balaban J connectivity index is 1.31. The second kappa shape index (κ2) is 8.39. The molecule has 3 rings (SSSR count). The van der Waals surface area contributed by atoms with Crippen molar-refractivity contribution in [2.45, 2.75) is 31.9 Å². The minimum Gasteiger partial charge on any atom is -0.355 e. The summed E-state index contributed by atoms with van der Waals surface area (Å²) in [5, 5.41) is 8.64. The van der Waals surface area contributed by atoms with Crippen LogP contribution in [0.4, 0.5) is 4.39 Å². The number of amides is 1. The fourth-order valence-electron chi connectivity index (χ4n) is 2.84. The number of nitrogens with zero attached hydrogens (tertiary/aromatic N) is 2. The summed E-state index contributed by atoms with van der Waals surface area (Å²) in [4.78, 5) is 15.2. The first-order chi connectivity index (χ1) is 11.7. The highest BCUT2D eigenvalue weighted by atomic mass is 32.1. The van der Waals surface area contributed by atoms with E-state index < -0.39 is 6.17 Å². The Kier molecular flexibility index (Phi) is 5.98. The van der Waals surface area contributed by atoms with Gasteiger partial charge in [0.05, 0.1) is 4.88 Å². The maximum atomic E-state index is 13.0. The Morgan fingerprint density at radius 3 is 3.12 bits per heavy atom. The third-order valence-corrected chi connectivity index (χ3v) is 5.04. The van der Waals surface area contributed by atoms with Crippen LogP contribution < -0.4 is 5.32 Å². The molecule has 1 fully saturated rings. The number of likely N-dealkylation sites (tertiary alicyclic amines) is 1. The van der Waals surface area contributed by atoms with Crippen molar-refractivity contribution in [1.82, 2.24) is 15.4 Å². The molecule has 1 amide bonds. The molecule has 2 aromatic rings. The minimum absolute atomic E-state index is 0.207. The van der Waals surface area contributed by atoms with E-state index >= 15 is 0 Å². The molecule has 0 unspecified atom stereocenters. The molecule has 0 spiro atoms. The molecule has 24 heavy (non-hydrogen) atoms. The number of hydrogen-bond donors (Lipinski definition) is 1. The Bertz CT molecular complexity index is 644. The number of hydrogen-bond acceptors (Lipinski definition) is 5. The van der Waals surface area contributed by atoms with Gasteiger partial charge in [-0.15, -0.1) is 11.3 Å². The molecular formula is C17H22FN3O2S. The average molecular weight is 351 g/mol. The summed E-state index contributed by atoms with van der Waals surface area (Å²) in [6.45, 7) is 3.01. The molecule has 0 saturated carbocycles. The summed E-state index contributed by atoms with van der Waals surface area (Å²) in [7, 11) is 0. The topological polar surface area (TPSA) is 58.4 Å². The third-order valence-electron chi connectivity index (χ3n) is 4.16. The van der Waals surface area contributed by atoms with E-state index in [1.807, 2.05) is 17.5 Å². The summed E-state index contributed by atoms with van der Waals surface area (Å²) in [6.07, 6.45) is 2.99. The van der Waals surface area contributed by atoms with Gasteiger partial charge in [0.25, 0.3) is 5.91 Å². The lowest BCUT2D eigenvalue weighted by atomic mass is 10.2. The lowest BCUT2D eigenvalue weighted by Crippen LogP contribution is -2.25. The van der Waals surface area contributed by atoms with E-state index in [4.69, 9.17) is 4.52 Å². The van der Waals surface area contributed by atoms with Gasteiger partial charge in [-0.1, -0.05) is 17.6 Å². The molecule has 7 heteroatoms. The lowest BCUT2D eigenvalue weighted by Gasteiger charge is -2.13. The van der Waals surface area contributed by atoms with E-state index in [0.717, 1.165) is 37.2 Å². The molecule has 0 radical (unpaired) electrons. The fraction of sp³-hybridized carbons (Fsp3) is 0.529. The molecule has 1 N–H and O–H groups in total. The monoisotopic (exact) mass is 351 g/mol. The summed E-state index contributed by atoms with van der Waals surface area (Å²) in [6, 6.07) is 5.53. The molecule has 1 atom stereocenters. The van der Waals surface area contributed by atoms with Gasteiger partial charge >= 0.3 is 0 Å². The van der Waals surface area contributed by atoms with Crippen LogP contribution in [0.15, 0.2) is 28.1 Å². The van der Waals surface area contributed by atoms with Gasteiger partial charge in [-0.3, -0.25) is 4.79 Å². The van der Waals surface area contributed by atoms with Gasteiger partial charge in [0, 0.05) is 25.7 Å². The van der Waals surface area contributed by atoms with E-state index in [1.54, 1.807) is 17.4 Å². The minimum atomic E-state index is -0.647. The first-order valence-corrected chi connectivity index (χ1v) is 9.25. The third kappa shape index (κ3) is 4.64. The van der Waals surface area contributed by atoms with Gasteiger partial charge in [0.1, 0.15) is 6.17 Å². The summed E-state index contributed by atoms with van der Waals surface area (Å²) in [5.41, 5.74) is 0.310. The predicted molar refractivity (Wildman–Crippen MR) is 92.0 cm³/mol. The number of unbranched alkanes of at least 4 members (excludes halogenated alkanes) is 2. The molecule has 5 nitrogen and oxygen atoms in total. The number of carbonyl (C=O) groups is 1. The SMILES string of the molecule is O=C(NCCCCCN1CC[C@H](F)C1)c1cc(-c2cccs2)on1. The zero-order valence-corrected chi connectivity index (χ0v) is 14.4. The number of carbonyl (C=O) groups excluding carboxylic acids is 1. The quantitative estimate of drug-likeness (QED) is 0.741. The van der Waals surface area contributed by atoms with Gasteiger partial charge in [0.15, 0.2) is 11.5 Å². The van der Waals surface area contributed by atoms with Crippen molar-refractivity contribution in [2.24, 2.45) is 0 Å². The zero-order valence-electron chi connectivity index (χ0n) is 13.5. The van der Waals surface area contributed by atoms with Crippen LogP contribution in [-0.2, 0) is 0 Å². The fourth-order valence-corrected chi connectivity index (χ4v) is 3.51. The van der Waals surface area contributed by atoms with Crippen molar-refractivity contribution in [2.75, 3.05) is 26.2 Å². The first kappa shape index (κ1) is 17.1. The van der Waals surface area contributed by atoms with Crippen LogP contribution in [0, 0.1) is 0 Å². The van der Waals surface area contributed by atoms with Gasteiger partial charge < -0.3 is 14.7 Å². The van der Waals surface area contributed by atoms with Crippen LogP contribution in [0.25, 0.3) is 10.6 Å². The van der Waals surface area contributed by atoms with E-state index in [2.05, 4.69) is 15.4 Å². The highest BCUT2D eigenvalue weighted by Crippen LogP contribution is 2.25. The van der Waals surface area contributed by atoms with Crippen LogP contribution in [0.3, 0.4) is 0 Å². The standard InChI is InChI=1S/C17H22FN3O2S/c18-13-6-9-21(12-13)8-3-1-2-7-19-17(22)14-11-15(23-20-14)16-5-4-10-24-16/h4-5,10-11,13H,1-3,6-9,12H2,(H,19,22)/t13-/m0/s1. The van der Waals surface area contributed by atoms with E-state index in [9.17, 15) is 9.18 Å². The van der Waals surface area contributed by atoms with Gasteiger partial charge in [-0.25, -0.2) is 4.39 Å². The number of halogens is 1. The molecule has 1 saturated heterocycles. The van der Waals surface area contributed by atoms with Crippen molar-refractivity contribution in [3.05, 3.63) is 29.3 Å². The average Bonchev–Trinajstić information content (AvgIpc) is 3.30. The first-order valence-electron chi connectivity index (χ1n) is 8.37. The highest BCUT2D eigenvalue weighted by molar-refractivity contribution is 7.13. The summed E-state index contributed by atoms with van der Waals surface area (Å²) >= 11 is 1.55. The Hall–Kier alpha value is -1.73. The number of aromatic nitrogens is 1. The normalized spacial score (nSPS) is 18.1.